The molecule has 0 unspecified atom stereocenters. The quantitative estimate of drug-likeness (QED) is 0.351. The molecule has 0 aliphatic rings. The molecule has 0 radical (unpaired) electrons. The topological polar surface area (TPSA) is 95.9 Å². The number of hydrogen-bond donors (Lipinski definition) is 3. The lowest BCUT2D eigenvalue weighted by Gasteiger charge is -2.14. The van der Waals surface area contributed by atoms with Crippen molar-refractivity contribution >= 4 is 16.9 Å². The molecule has 0 bridgehead atoms. The number of nitrogens with zero attached hydrogens (tertiary/aromatic N) is 3. The van der Waals surface area contributed by atoms with Crippen LogP contribution in [0.15, 0.2) is 42.5 Å². The molecule has 2 heterocycles. The van der Waals surface area contributed by atoms with Gasteiger partial charge in [-0.3, -0.25) is 5.10 Å². The lowest BCUT2D eigenvalue weighted by molar-refractivity contribution is -0.137. The van der Waals surface area contributed by atoms with Gasteiger partial charge in [-0.05, 0) is 25.1 Å². The summed E-state index contributed by atoms with van der Waals surface area (Å²) in [6.45, 7) is 1.48. The Balaban J connectivity index is 1.85. The summed E-state index contributed by atoms with van der Waals surface area (Å²) >= 11 is 0. The number of aliphatic hydroxyl groups excluding tert-OH is 1. The van der Waals surface area contributed by atoms with Crippen LogP contribution in [0.2, 0.25) is 0 Å². The Hall–Kier alpha value is -3.80. The molecule has 0 fully saturated rings. The molecule has 33 heavy (non-hydrogen) atoms. The highest BCUT2D eigenvalue weighted by molar-refractivity contribution is 5.99. The normalized spacial score (nSPS) is 12.7. The van der Waals surface area contributed by atoms with Crippen LogP contribution in [0.4, 0.5) is 27.8 Å². The molecule has 0 spiro atoms. The van der Waals surface area contributed by atoms with Gasteiger partial charge < -0.3 is 15.2 Å². The van der Waals surface area contributed by atoms with E-state index in [0.717, 1.165) is 18.2 Å². The second-order valence-corrected chi connectivity index (χ2v) is 7.10. The fourth-order valence-corrected chi connectivity index (χ4v) is 3.12. The van der Waals surface area contributed by atoms with Crippen LogP contribution in [0.3, 0.4) is 0 Å². The second kappa shape index (κ2) is 8.62. The molecule has 2 aromatic heterocycles. The molecule has 4 rings (SSSR count). The van der Waals surface area contributed by atoms with Crippen LogP contribution in [-0.2, 0) is 6.18 Å². The Labute approximate surface area is 183 Å². The van der Waals surface area contributed by atoms with Crippen molar-refractivity contribution in [2.24, 2.45) is 0 Å². The largest absolute Gasteiger partial charge is 0.421 e. The molecule has 0 amide bonds. The van der Waals surface area contributed by atoms with E-state index in [1.165, 1.54) is 25.1 Å². The van der Waals surface area contributed by atoms with E-state index in [4.69, 9.17) is 4.74 Å². The number of halogens is 5. The summed E-state index contributed by atoms with van der Waals surface area (Å²) in [6.07, 6.45) is -5.46. The summed E-state index contributed by atoms with van der Waals surface area (Å²) in [4.78, 5) is 8.16. The van der Waals surface area contributed by atoms with E-state index in [-0.39, 0.29) is 46.4 Å². The van der Waals surface area contributed by atoms with Crippen molar-refractivity contribution in [2.45, 2.75) is 19.2 Å². The number of benzene rings is 2. The Kier molecular flexibility index (Phi) is 5.85. The van der Waals surface area contributed by atoms with Gasteiger partial charge in [0.05, 0.1) is 22.7 Å². The van der Waals surface area contributed by atoms with E-state index in [9.17, 15) is 27.1 Å². The Morgan fingerprint density at radius 3 is 2.58 bits per heavy atom. The van der Waals surface area contributed by atoms with E-state index >= 15 is 0 Å². The molecule has 1 atom stereocenters. The van der Waals surface area contributed by atoms with Gasteiger partial charge in [-0.1, -0.05) is 18.2 Å². The minimum Gasteiger partial charge on any atom is -0.421 e. The first-order chi connectivity index (χ1) is 15.6. The zero-order valence-electron chi connectivity index (χ0n) is 16.9. The number of aromatic nitrogens is 4. The van der Waals surface area contributed by atoms with Crippen LogP contribution < -0.4 is 10.1 Å². The maximum absolute atomic E-state index is 14.0. The lowest BCUT2D eigenvalue weighted by atomic mass is 10.0. The Morgan fingerprint density at radius 2 is 1.88 bits per heavy atom. The van der Waals surface area contributed by atoms with Crippen LogP contribution in [0.5, 0.6) is 11.8 Å². The summed E-state index contributed by atoms with van der Waals surface area (Å²) in [6, 6.07) is 7.14. The summed E-state index contributed by atoms with van der Waals surface area (Å²) in [5, 5.41) is 19.1. The van der Waals surface area contributed by atoms with Crippen LogP contribution in [0.25, 0.3) is 22.3 Å². The fourth-order valence-electron chi connectivity index (χ4n) is 3.12. The molecule has 2 aromatic carbocycles. The number of ether oxygens (including phenoxy) is 1. The van der Waals surface area contributed by atoms with Crippen LogP contribution in [0, 0.1) is 11.6 Å². The third-order valence-electron chi connectivity index (χ3n) is 4.55. The smallest absolute Gasteiger partial charge is 0.417 e. The number of aliphatic hydroxyl groups is 1. The molecule has 7 nitrogen and oxygen atoms in total. The standard InChI is InChI=1S/C21H16F5N5O2/c1-10(32)9-27-18-16-17(12-4-2-3-5-13(12)21(24,25)26)30-31-19(16)29-20(28-18)33-15-7-6-11(22)8-14(15)23/h2-8,10,32H,9H2,1H3,(H2,27,28,29,30,31)/t10-/m0/s1. The van der Waals surface area contributed by atoms with Gasteiger partial charge in [0, 0.05) is 18.2 Å². The number of H-pyrrole nitrogens is 1. The number of nitrogens with one attached hydrogen (secondary N) is 2. The van der Waals surface area contributed by atoms with Gasteiger partial charge in [0.15, 0.2) is 17.2 Å². The van der Waals surface area contributed by atoms with Crippen LogP contribution in [0.1, 0.15) is 12.5 Å². The van der Waals surface area contributed by atoms with E-state index in [0.29, 0.717) is 6.07 Å². The van der Waals surface area contributed by atoms with Crippen molar-refractivity contribution in [3.05, 3.63) is 59.7 Å². The molecule has 3 N–H and O–H groups in total. The van der Waals surface area contributed by atoms with Crippen molar-refractivity contribution in [2.75, 3.05) is 11.9 Å². The first-order valence-electron chi connectivity index (χ1n) is 9.61. The molecule has 4 aromatic rings. The zero-order valence-corrected chi connectivity index (χ0v) is 16.9. The number of fused-ring (bicyclic) bond motifs is 1. The highest BCUT2D eigenvalue weighted by Crippen LogP contribution is 2.40. The number of anilines is 1. The van der Waals surface area contributed by atoms with Crippen molar-refractivity contribution in [1.82, 2.24) is 20.2 Å². The van der Waals surface area contributed by atoms with E-state index in [1.54, 1.807) is 0 Å². The van der Waals surface area contributed by atoms with Gasteiger partial charge in [0.25, 0.3) is 0 Å². The minimum absolute atomic E-state index is 0.000789. The average molecular weight is 465 g/mol. The summed E-state index contributed by atoms with van der Waals surface area (Å²) in [7, 11) is 0. The third-order valence-corrected chi connectivity index (χ3v) is 4.55. The van der Waals surface area contributed by atoms with Gasteiger partial charge in [0.2, 0.25) is 0 Å². The first kappa shape index (κ1) is 22.4. The molecule has 0 saturated carbocycles. The van der Waals surface area contributed by atoms with Crippen molar-refractivity contribution in [1.29, 1.82) is 0 Å². The summed E-state index contributed by atoms with van der Waals surface area (Å²) < 4.78 is 73.2. The summed E-state index contributed by atoms with van der Waals surface area (Å²) in [5.74, 6) is -2.18. The second-order valence-electron chi connectivity index (χ2n) is 7.10. The Bertz CT molecular complexity index is 1310. The number of alkyl halides is 3. The highest BCUT2D eigenvalue weighted by Gasteiger charge is 2.34. The van der Waals surface area contributed by atoms with Gasteiger partial charge in [-0.15, -0.1) is 0 Å². The molecule has 0 aliphatic carbocycles. The van der Waals surface area contributed by atoms with Crippen LogP contribution in [-0.4, -0.2) is 37.9 Å². The predicted octanol–water partition coefficient (Wildman–Crippen LogP) is 4.90. The van der Waals surface area contributed by atoms with Crippen molar-refractivity contribution in [3.8, 4) is 23.0 Å². The minimum atomic E-state index is -4.63. The van der Waals surface area contributed by atoms with Crippen molar-refractivity contribution in [3.63, 3.8) is 0 Å². The molecular formula is C21H16F5N5O2. The average Bonchev–Trinajstić information content (AvgIpc) is 3.17. The first-order valence-corrected chi connectivity index (χ1v) is 9.61. The number of hydrogen-bond acceptors (Lipinski definition) is 6. The lowest BCUT2D eigenvalue weighted by Crippen LogP contribution is -2.16. The van der Waals surface area contributed by atoms with E-state index in [2.05, 4.69) is 25.5 Å². The van der Waals surface area contributed by atoms with Crippen LogP contribution >= 0.6 is 0 Å². The van der Waals surface area contributed by atoms with Gasteiger partial charge in [-0.25, -0.2) is 8.78 Å². The van der Waals surface area contributed by atoms with Crippen molar-refractivity contribution < 1.29 is 31.8 Å². The maximum atomic E-state index is 14.0. The predicted molar refractivity (Wildman–Crippen MR) is 109 cm³/mol. The SMILES string of the molecule is C[C@H](O)CNc1nc(Oc2ccc(F)cc2F)nc2n[nH]c(-c3ccccc3C(F)(F)F)c12. The number of rotatable bonds is 6. The molecular weight excluding hydrogens is 449 g/mol. The molecule has 0 saturated heterocycles. The number of aromatic amines is 1. The molecule has 172 valence electrons. The highest BCUT2D eigenvalue weighted by atomic mass is 19.4. The zero-order chi connectivity index (χ0) is 23.8. The molecule has 12 heteroatoms. The van der Waals surface area contributed by atoms with E-state index in [1.807, 2.05) is 0 Å². The monoisotopic (exact) mass is 465 g/mol. The summed E-state index contributed by atoms with van der Waals surface area (Å²) in [5.41, 5.74) is -1.16. The maximum Gasteiger partial charge on any atom is 0.417 e. The van der Waals surface area contributed by atoms with Gasteiger partial charge in [-0.2, -0.15) is 28.2 Å². The third kappa shape index (κ3) is 4.70. The fraction of sp³-hybridized carbons (Fsp3) is 0.190. The molecule has 0 aliphatic heterocycles. The van der Waals surface area contributed by atoms with Gasteiger partial charge in [0.1, 0.15) is 11.6 Å². The van der Waals surface area contributed by atoms with Gasteiger partial charge >= 0.3 is 12.2 Å². The van der Waals surface area contributed by atoms with E-state index < -0.39 is 29.5 Å². The Morgan fingerprint density at radius 1 is 1.12 bits per heavy atom.